The van der Waals surface area contributed by atoms with Gasteiger partial charge in [-0.15, -0.1) is 0 Å². The van der Waals surface area contributed by atoms with Gasteiger partial charge < -0.3 is 25.4 Å². The molecule has 7 heteroatoms. The number of ketones is 1. The monoisotopic (exact) mass is 359 g/mol. The first-order valence-corrected chi connectivity index (χ1v) is 8.71. The highest BCUT2D eigenvalue weighted by Gasteiger charge is 2.48. The van der Waals surface area contributed by atoms with E-state index < -0.39 is 42.5 Å². The fourth-order valence-corrected chi connectivity index (χ4v) is 3.60. The zero-order valence-electron chi connectivity index (χ0n) is 16.1. The maximum Gasteiger partial charge on any atom is 0.226 e. The molecule has 1 rings (SSSR count). The van der Waals surface area contributed by atoms with Crippen LogP contribution in [0.25, 0.3) is 0 Å². The van der Waals surface area contributed by atoms with Gasteiger partial charge >= 0.3 is 0 Å². The van der Waals surface area contributed by atoms with Gasteiger partial charge in [0.15, 0.2) is 0 Å². The van der Waals surface area contributed by atoms with Gasteiger partial charge in [-0.1, -0.05) is 34.6 Å². The minimum Gasteiger partial charge on any atom is -0.394 e. The van der Waals surface area contributed by atoms with Crippen LogP contribution in [0.2, 0.25) is 0 Å². The van der Waals surface area contributed by atoms with E-state index in [2.05, 4.69) is 5.32 Å². The van der Waals surface area contributed by atoms with E-state index in [1.807, 2.05) is 34.6 Å². The van der Waals surface area contributed by atoms with Crippen molar-refractivity contribution in [1.82, 2.24) is 5.32 Å². The Hall–Kier alpha value is -1.02. The number of aliphatic hydroxyl groups is 3. The van der Waals surface area contributed by atoms with Gasteiger partial charge in [0.2, 0.25) is 5.91 Å². The van der Waals surface area contributed by atoms with Crippen molar-refractivity contribution in [2.24, 2.45) is 10.8 Å². The second-order valence-corrected chi connectivity index (χ2v) is 8.91. The van der Waals surface area contributed by atoms with E-state index in [1.165, 1.54) is 6.92 Å². The first kappa shape index (κ1) is 22.0. The molecule has 0 aromatic carbocycles. The van der Waals surface area contributed by atoms with Crippen molar-refractivity contribution in [2.75, 3.05) is 6.61 Å². The van der Waals surface area contributed by atoms with Crippen LogP contribution in [0, 0.1) is 10.8 Å². The molecule has 0 aliphatic carbocycles. The van der Waals surface area contributed by atoms with Gasteiger partial charge in [-0.2, -0.15) is 0 Å². The third-order valence-electron chi connectivity index (χ3n) is 4.38. The molecule has 1 fully saturated rings. The number of amides is 1. The molecular formula is C18H33NO6. The molecule has 146 valence electrons. The molecule has 1 aliphatic rings. The number of carbonyl (C=O) groups excluding carboxylic acids is 2. The fraction of sp³-hybridized carbons (Fsp3) is 0.889. The van der Waals surface area contributed by atoms with Gasteiger partial charge in [-0.3, -0.25) is 9.59 Å². The maximum atomic E-state index is 12.7. The van der Waals surface area contributed by atoms with Gasteiger partial charge in [-0.05, 0) is 18.8 Å². The molecule has 1 heterocycles. The average molecular weight is 359 g/mol. The number of nitrogens with one attached hydrogen (secondary N) is 1. The molecule has 7 nitrogen and oxygen atoms in total. The zero-order chi connectivity index (χ0) is 19.6. The maximum absolute atomic E-state index is 12.7. The van der Waals surface area contributed by atoms with Gasteiger partial charge in [0, 0.05) is 11.8 Å². The Balaban J connectivity index is 2.94. The van der Waals surface area contributed by atoms with Crippen molar-refractivity contribution in [1.29, 1.82) is 0 Å². The minimum absolute atomic E-state index is 0.0103. The molecule has 0 unspecified atom stereocenters. The van der Waals surface area contributed by atoms with E-state index >= 15 is 0 Å². The lowest BCUT2D eigenvalue weighted by Crippen LogP contribution is -2.53. The molecule has 1 saturated heterocycles. The van der Waals surface area contributed by atoms with Crippen LogP contribution >= 0.6 is 0 Å². The second-order valence-electron chi connectivity index (χ2n) is 8.91. The van der Waals surface area contributed by atoms with Crippen molar-refractivity contribution in [3.05, 3.63) is 0 Å². The average Bonchev–Trinajstić information content (AvgIpc) is 2.72. The second kappa shape index (κ2) is 8.12. The SMILES string of the molecule is CC(=O)C[C@@H]1O[C@H]([C@H](O)CO)[C@H](O)[C@H]1NC(=O)C(C)(C)CC(C)(C)C. The number of Topliss-reactive ketones (excluding diaryl/α,β-unsaturated/α-hetero) is 1. The molecule has 4 N–H and O–H groups in total. The lowest BCUT2D eigenvalue weighted by molar-refractivity contribution is -0.133. The summed E-state index contributed by atoms with van der Waals surface area (Å²) in [7, 11) is 0. The summed E-state index contributed by atoms with van der Waals surface area (Å²) in [5.41, 5.74) is -0.730. The third-order valence-corrected chi connectivity index (χ3v) is 4.38. The predicted molar refractivity (Wildman–Crippen MR) is 92.8 cm³/mol. The van der Waals surface area contributed by atoms with Gasteiger partial charge in [0.05, 0.1) is 18.8 Å². The fourth-order valence-electron chi connectivity index (χ4n) is 3.60. The highest BCUT2D eigenvalue weighted by Crippen LogP contribution is 2.34. The zero-order valence-corrected chi connectivity index (χ0v) is 16.1. The van der Waals surface area contributed by atoms with E-state index in [1.54, 1.807) is 0 Å². The molecule has 0 spiro atoms. The van der Waals surface area contributed by atoms with Gasteiger partial charge in [0.1, 0.15) is 24.1 Å². The molecule has 0 aromatic rings. The van der Waals surface area contributed by atoms with Crippen LogP contribution in [-0.4, -0.2) is 64.1 Å². The Morgan fingerprint density at radius 3 is 2.20 bits per heavy atom. The van der Waals surface area contributed by atoms with Crippen molar-refractivity contribution in [2.45, 2.75) is 84.8 Å². The van der Waals surface area contributed by atoms with Crippen molar-refractivity contribution < 1.29 is 29.6 Å². The molecule has 25 heavy (non-hydrogen) atoms. The van der Waals surface area contributed by atoms with Crippen molar-refractivity contribution >= 4 is 11.7 Å². The highest BCUT2D eigenvalue weighted by atomic mass is 16.5. The Labute approximate surface area is 149 Å². The molecule has 0 bridgehead atoms. The number of hydrogen-bond acceptors (Lipinski definition) is 6. The summed E-state index contributed by atoms with van der Waals surface area (Å²) in [5, 5.41) is 32.2. The van der Waals surface area contributed by atoms with Gasteiger partial charge in [0.25, 0.3) is 0 Å². The van der Waals surface area contributed by atoms with E-state index in [-0.39, 0.29) is 23.5 Å². The summed E-state index contributed by atoms with van der Waals surface area (Å²) >= 11 is 0. The predicted octanol–water partition coefficient (Wildman–Crippen LogP) is 0.394. The quantitative estimate of drug-likeness (QED) is 0.523. The van der Waals surface area contributed by atoms with Crippen LogP contribution in [-0.2, 0) is 14.3 Å². The van der Waals surface area contributed by atoms with E-state index in [0.717, 1.165) is 0 Å². The first-order valence-electron chi connectivity index (χ1n) is 8.71. The summed E-state index contributed by atoms with van der Waals surface area (Å²) in [6, 6.07) is -0.818. The van der Waals surface area contributed by atoms with Crippen LogP contribution in [0.3, 0.4) is 0 Å². The minimum atomic E-state index is -1.28. The summed E-state index contributed by atoms with van der Waals surface area (Å²) < 4.78 is 5.57. The Morgan fingerprint density at radius 2 is 1.76 bits per heavy atom. The number of hydrogen-bond donors (Lipinski definition) is 4. The molecule has 1 amide bonds. The molecule has 0 radical (unpaired) electrons. The summed E-state index contributed by atoms with van der Waals surface area (Å²) in [4.78, 5) is 24.2. The topological polar surface area (TPSA) is 116 Å². The summed E-state index contributed by atoms with van der Waals surface area (Å²) in [6.45, 7) is 10.6. The summed E-state index contributed by atoms with van der Waals surface area (Å²) in [5.74, 6) is -0.396. The number of rotatable bonds is 7. The number of ether oxygens (including phenoxy) is 1. The molecule has 1 aliphatic heterocycles. The lowest BCUT2D eigenvalue weighted by Gasteiger charge is -2.33. The van der Waals surface area contributed by atoms with E-state index in [0.29, 0.717) is 6.42 Å². The van der Waals surface area contributed by atoms with Crippen molar-refractivity contribution in [3.8, 4) is 0 Å². The Bertz CT molecular complexity index is 484. The van der Waals surface area contributed by atoms with E-state index in [9.17, 15) is 19.8 Å². The lowest BCUT2D eigenvalue weighted by atomic mass is 9.75. The van der Waals surface area contributed by atoms with Crippen molar-refractivity contribution in [3.63, 3.8) is 0 Å². The summed E-state index contributed by atoms with van der Waals surface area (Å²) in [6.07, 6.45) is -3.64. The number of carbonyl (C=O) groups is 2. The Kier molecular flexibility index (Phi) is 7.15. The normalized spacial score (nSPS) is 28.7. The first-order chi connectivity index (χ1) is 11.3. The van der Waals surface area contributed by atoms with Crippen LogP contribution < -0.4 is 5.32 Å². The van der Waals surface area contributed by atoms with Crippen LogP contribution in [0.5, 0.6) is 0 Å². The highest BCUT2D eigenvalue weighted by molar-refractivity contribution is 5.82. The number of aliphatic hydroxyl groups excluding tert-OH is 3. The van der Waals surface area contributed by atoms with Gasteiger partial charge in [-0.25, -0.2) is 0 Å². The van der Waals surface area contributed by atoms with Crippen LogP contribution in [0.1, 0.15) is 54.4 Å². The molecule has 0 saturated carbocycles. The molecule has 0 aromatic heterocycles. The largest absolute Gasteiger partial charge is 0.394 e. The molecule has 5 atom stereocenters. The molecular weight excluding hydrogens is 326 g/mol. The van der Waals surface area contributed by atoms with Crippen LogP contribution in [0.15, 0.2) is 0 Å². The Morgan fingerprint density at radius 1 is 1.20 bits per heavy atom. The van der Waals surface area contributed by atoms with E-state index in [4.69, 9.17) is 9.84 Å². The third kappa shape index (κ3) is 6.02. The standard InChI is InChI=1S/C18H33NO6/c1-10(21)7-12-13(14(23)15(25-12)11(22)8-20)19-16(24)18(5,6)9-17(2,3)4/h11-15,20,22-23H,7-9H2,1-6H3,(H,19,24)/t11-,12+,13+,14-,15-/m1/s1. The smallest absolute Gasteiger partial charge is 0.226 e. The van der Waals surface area contributed by atoms with Crippen LogP contribution in [0.4, 0.5) is 0 Å².